The first-order valence-corrected chi connectivity index (χ1v) is 11.6. The van der Waals surface area contributed by atoms with E-state index in [1.54, 1.807) is 13.8 Å². The minimum absolute atomic E-state index is 0.0379. The number of benzene rings is 1. The lowest BCUT2D eigenvalue weighted by Gasteiger charge is -2.31. The number of carbonyl (C=O) groups is 1. The predicted octanol–water partition coefficient (Wildman–Crippen LogP) is 0.956. The van der Waals surface area contributed by atoms with Gasteiger partial charge in [-0.2, -0.15) is 0 Å². The van der Waals surface area contributed by atoms with E-state index in [-0.39, 0.29) is 28.9 Å². The molecule has 1 aliphatic heterocycles. The maximum atomic E-state index is 12.5. The summed E-state index contributed by atoms with van der Waals surface area (Å²) in [6.07, 6.45) is 0.832. The lowest BCUT2D eigenvalue weighted by Crippen LogP contribution is -2.46. The van der Waals surface area contributed by atoms with Gasteiger partial charge >= 0.3 is 5.97 Å². The van der Waals surface area contributed by atoms with Crippen molar-refractivity contribution in [1.82, 2.24) is 9.03 Å². The zero-order valence-electron chi connectivity index (χ0n) is 14.8. The number of carbonyl (C=O) groups excluding carboxylic acids is 1. The smallest absolute Gasteiger partial charge is 0.338 e. The fraction of sp³-hybridized carbons (Fsp3) is 0.562. The van der Waals surface area contributed by atoms with Crippen LogP contribution in [0.2, 0.25) is 0 Å². The maximum absolute atomic E-state index is 12.5. The molecule has 0 aromatic heterocycles. The van der Waals surface area contributed by atoms with Gasteiger partial charge in [0.25, 0.3) is 0 Å². The Morgan fingerprint density at radius 1 is 1.12 bits per heavy atom. The largest absolute Gasteiger partial charge is 0.462 e. The van der Waals surface area contributed by atoms with E-state index in [2.05, 4.69) is 4.72 Å². The molecule has 1 saturated heterocycles. The van der Waals surface area contributed by atoms with Crippen molar-refractivity contribution < 1.29 is 26.4 Å². The van der Waals surface area contributed by atoms with E-state index < -0.39 is 26.0 Å². The summed E-state index contributed by atoms with van der Waals surface area (Å²) < 4.78 is 57.5. The molecule has 0 atom stereocenters. The van der Waals surface area contributed by atoms with Crippen LogP contribution in [0.5, 0.6) is 0 Å². The van der Waals surface area contributed by atoms with Gasteiger partial charge in [0.1, 0.15) is 0 Å². The summed E-state index contributed by atoms with van der Waals surface area (Å²) in [5.74, 6) is -0.468. The highest BCUT2D eigenvalue weighted by molar-refractivity contribution is 7.89. The fourth-order valence-electron chi connectivity index (χ4n) is 2.71. The summed E-state index contributed by atoms with van der Waals surface area (Å²) in [6.45, 7) is 4.12. The quantitative estimate of drug-likeness (QED) is 0.678. The number of nitrogens with one attached hydrogen (secondary N) is 1. The first-order valence-electron chi connectivity index (χ1n) is 8.47. The lowest BCUT2D eigenvalue weighted by molar-refractivity contribution is 0.0526. The topological polar surface area (TPSA) is 110 Å². The molecule has 1 fully saturated rings. The van der Waals surface area contributed by atoms with Crippen molar-refractivity contribution in [2.75, 3.05) is 25.4 Å². The standard InChI is InChI=1S/C16H24N2O6S2/c1-3-24-16(19)13-5-7-15(8-6-13)26(22,23)17-14-9-11-18(12-10-14)25(20,21)4-2/h5-8,14,17H,3-4,9-12H2,1-2H3. The van der Waals surface area contributed by atoms with Crippen LogP contribution in [-0.4, -0.2) is 58.6 Å². The molecule has 0 aliphatic carbocycles. The van der Waals surface area contributed by atoms with Gasteiger partial charge in [0.15, 0.2) is 0 Å². The Labute approximate surface area is 154 Å². The van der Waals surface area contributed by atoms with E-state index in [4.69, 9.17) is 4.74 Å². The molecule has 2 rings (SSSR count). The molecule has 1 N–H and O–H groups in total. The van der Waals surface area contributed by atoms with Crippen LogP contribution in [0.15, 0.2) is 29.2 Å². The van der Waals surface area contributed by atoms with Gasteiger partial charge in [0.05, 0.1) is 22.8 Å². The second-order valence-electron chi connectivity index (χ2n) is 5.94. The number of rotatable bonds is 7. The summed E-state index contributed by atoms with van der Waals surface area (Å²) in [7, 11) is -6.99. The van der Waals surface area contributed by atoms with Crippen LogP contribution in [0, 0.1) is 0 Å². The van der Waals surface area contributed by atoms with Crippen molar-refractivity contribution in [3.8, 4) is 0 Å². The molecular weight excluding hydrogens is 380 g/mol. The number of esters is 1. The first kappa shape index (κ1) is 20.8. The Morgan fingerprint density at radius 3 is 2.19 bits per heavy atom. The summed E-state index contributed by atoms with van der Waals surface area (Å²) in [5, 5.41) is 0. The molecule has 10 heteroatoms. The summed E-state index contributed by atoms with van der Waals surface area (Å²) in [6, 6.07) is 5.19. The zero-order valence-corrected chi connectivity index (χ0v) is 16.5. The number of hydrogen-bond donors (Lipinski definition) is 1. The van der Waals surface area contributed by atoms with Gasteiger partial charge in [-0.15, -0.1) is 0 Å². The predicted molar refractivity (Wildman–Crippen MR) is 96.8 cm³/mol. The third-order valence-electron chi connectivity index (χ3n) is 4.21. The van der Waals surface area contributed by atoms with Crippen LogP contribution in [0.1, 0.15) is 37.0 Å². The molecule has 0 amide bonds. The highest BCUT2D eigenvalue weighted by Crippen LogP contribution is 2.18. The van der Waals surface area contributed by atoms with Gasteiger partial charge in [0, 0.05) is 19.1 Å². The summed E-state index contributed by atoms with van der Waals surface area (Å²) in [5.41, 5.74) is 0.281. The SMILES string of the molecule is CCOC(=O)c1ccc(S(=O)(=O)NC2CCN(S(=O)(=O)CC)CC2)cc1. The Morgan fingerprint density at radius 2 is 1.69 bits per heavy atom. The van der Waals surface area contributed by atoms with Crippen molar-refractivity contribution in [1.29, 1.82) is 0 Å². The monoisotopic (exact) mass is 404 g/mol. The highest BCUT2D eigenvalue weighted by atomic mass is 32.2. The second kappa shape index (κ2) is 8.47. The van der Waals surface area contributed by atoms with E-state index in [0.29, 0.717) is 25.9 Å². The van der Waals surface area contributed by atoms with Crippen molar-refractivity contribution in [2.45, 2.75) is 37.6 Å². The number of nitrogens with zero attached hydrogens (tertiary/aromatic N) is 1. The molecule has 8 nitrogen and oxygen atoms in total. The van der Waals surface area contributed by atoms with Crippen LogP contribution in [0.4, 0.5) is 0 Å². The van der Waals surface area contributed by atoms with E-state index in [1.807, 2.05) is 0 Å². The van der Waals surface area contributed by atoms with Gasteiger partial charge < -0.3 is 4.74 Å². The zero-order chi connectivity index (χ0) is 19.4. The molecule has 146 valence electrons. The molecule has 0 saturated carbocycles. The second-order valence-corrected chi connectivity index (χ2v) is 9.91. The van der Waals surface area contributed by atoms with Gasteiger partial charge in [-0.05, 0) is 51.0 Å². The molecule has 1 aromatic rings. The van der Waals surface area contributed by atoms with Crippen molar-refractivity contribution in [2.24, 2.45) is 0 Å². The Balaban J connectivity index is 2.00. The van der Waals surface area contributed by atoms with Crippen molar-refractivity contribution in [3.05, 3.63) is 29.8 Å². The molecule has 0 unspecified atom stereocenters. The summed E-state index contributed by atoms with van der Waals surface area (Å²) in [4.78, 5) is 11.7. The molecule has 0 radical (unpaired) electrons. The fourth-order valence-corrected chi connectivity index (χ4v) is 5.14. The molecule has 1 aromatic carbocycles. The Kier molecular flexibility index (Phi) is 6.78. The minimum Gasteiger partial charge on any atom is -0.462 e. The van der Waals surface area contributed by atoms with E-state index in [9.17, 15) is 21.6 Å². The molecule has 1 aliphatic rings. The molecular formula is C16H24N2O6S2. The van der Waals surface area contributed by atoms with Crippen molar-refractivity contribution >= 4 is 26.0 Å². The Hall–Kier alpha value is -1.49. The van der Waals surface area contributed by atoms with Gasteiger partial charge in [-0.3, -0.25) is 0 Å². The average Bonchev–Trinajstić information content (AvgIpc) is 2.62. The lowest BCUT2D eigenvalue weighted by atomic mass is 10.1. The number of piperidine rings is 1. The van der Waals surface area contributed by atoms with Crippen LogP contribution in [0.3, 0.4) is 0 Å². The van der Waals surface area contributed by atoms with Gasteiger partial charge in [-0.1, -0.05) is 0 Å². The average molecular weight is 405 g/mol. The summed E-state index contributed by atoms with van der Waals surface area (Å²) >= 11 is 0. The Bertz CT molecular complexity index is 826. The third kappa shape index (κ3) is 5.03. The normalized spacial score (nSPS) is 17.2. The van der Waals surface area contributed by atoms with Crippen molar-refractivity contribution in [3.63, 3.8) is 0 Å². The third-order valence-corrected chi connectivity index (χ3v) is 7.63. The number of sulfonamides is 2. The van der Waals surface area contributed by atoms with Crippen LogP contribution < -0.4 is 4.72 Å². The van der Waals surface area contributed by atoms with Crippen LogP contribution in [0.25, 0.3) is 0 Å². The number of ether oxygens (including phenoxy) is 1. The van der Waals surface area contributed by atoms with Gasteiger partial charge in [0.2, 0.25) is 20.0 Å². The van der Waals surface area contributed by atoms with E-state index in [0.717, 1.165) is 0 Å². The molecule has 26 heavy (non-hydrogen) atoms. The molecule has 0 bridgehead atoms. The van der Waals surface area contributed by atoms with Gasteiger partial charge in [-0.25, -0.2) is 30.7 Å². The van der Waals surface area contributed by atoms with Crippen LogP contribution >= 0.6 is 0 Å². The van der Waals surface area contributed by atoms with E-state index in [1.165, 1.54) is 28.6 Å². The number of hydrogen-bond acceptors (Lipinski definition) is 6. The maximum Gasteiger partial charge on any atom is 0.338 e. The minimum atomic E-state index is -3.74. The first-order chi connectivity index (χ1) is 12.2. The molecule has 0 spiro atoms. The highest BCUT2D eigenvalue weighted by Gasteiger charge is 2.29. The van der Waals surface area contributed by atoms with E-state index >= 15 is 0 Å². The molecule has 1 heterocycles. The van der Waals surface area contributed by atoms with Crippen LogP contribution in [-0.2, 0) is 24.8 Å².